The molecule has 192 valence electrons. The number of hydrogen-bond acceptors (Lipinski definition) is 10. The van der Waals surface area contributed by atoms with Gasteiger partial charge in [0.2, 0.25) is 17.2 Å². The van der Waals surface area contributed by atoms with E-state index in [1.54, 1.807) is 13.8 Å². The Morgan fingerprint density at radius 3 is 1.38 bits per heavy atom. The standard InChI is InChI=1S/C18H34O9.C4H10O/c1-3-5-7-16(24,11-20)14(22)18(26,13-27-10-9-19)15(23)17(25,12-21)8-6-4-2;1-3-5-4-2/h19-21,24-26H,3-13H2,1-2H3;3-4H2,1-2H3. The molecular weight excluding hydrogens is 424 g/mol. The summed E-state index contributed by atoms with van der Waals surface area (Å²) < 4.78 is 9.78. The van der Waals surface area contributed by atoms with Gasteiger partial charge in [0.1, 0.15) is 11.2 Å². The summed E-state index contributed by atoms with van der Waals surface area (Å²) in [5.41, 5.74) is -7.82. The van der Waals surface area contributed by atoms with Crippen molar-refractivity contribution in [2.45, 2.75) is 83.0 Å². The van der Waals surface area contributed by atoms with Gasteiger partial charge in [-0.25, -0.2) is 0 Å². The Kier molecular flexibility index (Phi) is 18.1. The number of hydrogen-bond donors (Lipinski definition) is 6. The second kappa shape index (κ2) is 17.5. The van der Waals surface area contributed by atoms with Crippen LogP contribution in [0.25, 0.3) is 0 Å². The molecule has 0 amide bonds. The lowest BCUT2D eigenvalue weighted by Gasteiger charge is -2.38. The molecule has 0 aliphatic carbocycles. The summed E-state index contributed by atoms with van der Waals surface area (Å²) in [6.45, 7) is 5.50. The molecule has 0 saturated heterocycles. The summed E-state index contributed by atoms with van der Waals surface area (Å²) in [6, 6.07) is 0. The molecule has 10 heteroatoms. The molecule has 0 saturated carbocycles. The summed E-state index contributed by atoms with van der Waals surface area (Å²) in [6.07, 6.45) is 1.43. The van der Waals surface area contributed by atoms with E-state index >= 15 is 0 Å². The van der Waals surface area contributed by atoms with Gasteiger partial charge < -0.3 is 40.1 Å². The maximum atomic E-state index is 12.9. The monoisotopic (exact) mass is 468 g/mol. The van der Waals surface area contributed by atoms with E-state index in [-0.39, 0.29) is 19.4 Å². The van der Waals surface area contributed by atoms with E-state index in [4.69, 9.17) is 14.6 Å². The van der Waals surface area contributed by atoms with Crippen molar-refractivity contribution in [1.82, 2.24) is 0 Å². The molecule has 0 fully saturated rings. The van der Waals surface area contributed by atoms with Crippen molar-refractivity contribution in [3.05, 3.63) is 0 Å². The zero-order chi connectivity index (χ0) is 25.3. The van der Waals surface area contributed by atoms with Crippen LogP contribution in [0.3, 0.4) is 0 Å². The van der Waals surface area contributed by atoms with E-state index in [1.165, 1.54) is 0 Å². The lowest BCUT2D eigenvalue weighted by atomic mass is 9.74. The van der Waals surface area contributed by atoms with Crippen molar-refractivity contribution < 1.29 is 49.7 Å². The minimum Gasteiger partial charge on any atom is -0.394 e. The molecule has 0 aromatic carbocycles. The Hall–Kier alpha value is -0.980. The van der Waals surface area contributed by atoms with Crippen molar-refractivity contribution in [2.75, 3.05) is 46.2 Å². The molecule has 0 aliphatic heterocycles. The molecular formula is C22H44O10. The van der Waals surface area contributed by atoms with Gasteiger partial charge in [0, 0.05) is 13.2 Å². The fourth-order valence-corrected chi connectivity index (χ4v) is 2.96. The molecule has 6 N–H and O–H groups in total. The number of unbranched alkanes of at least 4 members (excludes halogenated alkanes) is 2. The molecule has 0 aromatic heterocycles. The highest BCUT2D eigenvalue weighted by Crippen LogP contribution is 2.29. The van der Waals surface area contributed by atoms with Gasteiger partial charge in [-0.2, -0.15) is 0 Å². The summed E-state index contributed by atoms with van der Waals surface area (Å²) in [5.74, 6) is -2.81. The number of aliphatic hydroxyl groups excluding tert-OH is 3. The molecule has 2 unspecified atom stereocenters. The summed E-state index contributed by atoms with van der Waals surface area (Å²) in [7, 11) is 0. The molecule has 0 radical (unpaired) electrons. The van der Waals surface area contributed by atoms with Gasteiger partial charge in [-0.3, -0.25) is 9.59 Å². The molecule has 32 heavy (non-hydrogen) atoms. The van der Waals surface area contributed by atoms with Crippen LogP contribution in [0.4, 0.5) is 0 Å². The minimum absolute atomic E-state index is 0.207. The molecule has 10 nitrogen and oxygen atoms in total. The molecule has 2 atom stereocenters. The Balaban J connectivity index is 0. The zero-order valence-electron chi connectivity index (χ0n) is 20.0. The summed E-state index contributed by atoms with van der Waals surface area (Å²) in [5, 5.41) is 59.7. The van der Waals surface area contributed by atoms with Gasteiger partial charge in [-0.1, -0.05) is 39.5 Å². The highest BCUT2D eigenvalue weighted by atomic mass is 16.5. The predicted octanol–water partition coefficient (Wildman–Crippen LogP) is -0.265. The van der Waals surface area contributed by atoms with Gasteiger partial charge in [0.25, 0.3) is 0 Å². The zero-order valence-corrected chi connectivity index (χ0v) is 20.0. The number of rotatable bonds is 18. The van der Waals surface area contributed by atoms with Crippen LogP contribution < -0.4 is 0 Å². The van der Waals surface area contributed by atoms with E-state index in [1.807, 2.05) is 13.8 Å². The number of ketones is 2. The summed E-state index contributed by atoms with van der Waals surface area (Å²) >= 11 is 0. The second-order valence-corrected chi connectivity index (χ2v) is 7.66. The largest absolute Gasteiger partial charge is 0.394 e. The van der Waals surface area contributed by atoms with E-state index in [2.05, 4.69) is 0 Å². The predicted molar refractivity (Wildman–Crippen MR) is 118 cm³/mol. The lowest BCUT2D eigenvalue weighted by Crippen LogP contribution is -2.66. The third kappa shape index (κ3) is 10.3. The van der Waals surface area contributed by atoms with E-state index < -0.39 is 54.8 Å². The molecule has 0 aromatic rings. The van der Waals surface area contributed by atoms with E-state index in [0.717, 1.165) is 13.2 Å². The quantitative estimate of drug-likeness (QED) is 0.116. The van der Waals surface area contributed by atoms with Crippen molar-refractivity contribution in [2.24, 2.45) is 0 Å². The fourth-order valence-electron chi connectivity index (χ4n) is 2.96. The van der Waals surface area contributed by atoms with Gasteiger partial charge in [-0.15, -0.1) is 0 Å². The number of carbonyl (C=O) groups is 2. The third-order valence-corrected chi connectivity index (χ3v) is 4.96. The van der Waals surface area contributed by atoms with Gasteiger partial charge in [-0.05, 0) is 26.7 Å². The molecule has 0 bridgehead atoms. The van der Waals surface area contributed by atoms with Crippen LogP contribution in [-0.4, -0.2) is 105 Å². The Labute approximate surface area is 191 Å². The highest BCUT2D eigenvalue weighted by Gasteiger charge is 2.58. The first kappa shape index (κ1) is 33.2. The van der Waals surface area contributed by atoms with Crippen LogP contribution in [0.2, 0.25) is 0 Å². The fraction of sp³-hybridized carbons (Fsp3) is 0.909. The molecule has 0 spiro atoms. The van der Waals surface area contributed by atoms with Crippen LogP contribution in [0, 0.1) is 0 Å². The van der Waals surface area contributed by atoms with Gasteiger partial charge in [0.05, 0.1) is 33.0 Å². The smallest absolute Gasteiger partial charge is 0.211 e. The summed E-state index contributed by atoms with van der Waals surface area (Å²) in [4.78, 5) is 25.8. The van der Waals surface area contributed by atoms with Crippen molar-refractivity contribution >= 4 is 11.6 Å². The number of carbonyl (C=O) groups excluding carboxylic acids is 2. The van der Waals surface area contributed by atoms with E-state index in [9.17, 15) is 35.1 Å². The minimum atomic E-state index is -2.99. The maximum Gasteiger partial charge on any atom is 0.211 e. The maximum absolute atomic E-state index is 12.9. The Bertz CT molecular complexity index is 477. The number of Topliss-reactive ketones (excluding diaryl/α,β-unsaturated/α-hetero) is 2. The third-order valence-electron chi connectivity index (χ3n) is 4.96. The average Bonchev–Trinajstić information content (AvgIpc) is 2.80. The van der Waals surface area contributed by atoms with Crippen LogP contribution in [0.5, 0.6) is 0 Å². The molecule has 0 aliphatic rings. The van der Waals surface area contributed by atoms with Crippen LogP contribution >= 0.6 is 0 Å². The van der Waals surface area contributed by atoms with Gasteiger partial charge >= 0.3 is 0 Å². The Morgan fingerprint density at radius 2 is 1.12 bits per heavy atom. The first-order chi connectivity index (χ1) is 15.0. The highest BCUT2D eigenvalue weighted by molar-refractivity contribution is 6.16. The molecule has 0 heterocycles. The number of ether oxygens (including phenoxy) is 2. The topological polar surface area (TPSA) is 174 Å². The van der Waals surface area contributed by atoms with Gasteiger partial charge in [0.15, 0.2) is 0 Å². The van der Waals surface area contributed by atoms with Crippen molar-refractivity contribution in [3.8, 4) is 0 Å². The van der Waals surface area contributed by atoms with Crippen LogP contribution in [0.1, 0.15) is 66.2 Å². The lowest BCUT2D eigenvalue weighted by molar-refractivity contribution is -0.185. The SMILES string of the molecule is CCCCC(O)(CO)C(=O)C(O)(COCCO)C(=O)C(O)(CO)CCCC.CCOCC. The van der Waals surface area contributed by atoms with Crippen molar-refractivity contribution in [3.63, 3.8) is 0 Å². The number of aliphatic hydroxyl groups is 6. The second-order valence-electron chi connectivity index (χ2n) is 7.66. The van der Waals surface area contributed by atoms with Crippen LogP contribution in [0.15, 0.2) is 0 Å². The average molecular weight is 469 g/mol. The Morgan fingerprint density at radius 1 is 0.719 bits per heavy atom. The molecule has 0 rings (SSSR count). The van der Waals surface area contributed by atoms with Crippen molar-refractivity contribution in [1.29, 1.82) is 0 Å². The first-order valence-electron chi connectivity index (χ1n) is 11.3. The van der Waals surface area contributed by atoms with E-state index in [0.29, 0.717) is 25.7 Å². The van der Waals surface area contributed by atoms with Crippen LogP contribution in [-0.2, 0) is 19.1 Å². The normalized spacial score (nSPS) is 16.8. The first-order valence-corrected chi connectivity index (χ1v) is 11.3.